The van der Waals surface area contributed by atoms with E-state index in [9.17, 15) is 4.79 Å². The van der Waals surface area contributed by atoms with Crippen molar-refractivity contribution in [1.29, 1.82) is 0 Å². The fourth-order valence-electron chi connectivity index (χ4n) is 2.59. The molecule has 1 aliphatic rings. The minimum Gasteiger partial charge on any atom is -0.324 e. The van der Waals surface area contributed by atoms with Gasteiger partial charge in [0.2, 0.25) is 0 Å². The predicted octanol–water partition coefficient (Wildman–Crippen LogP) is 3.66. The standard InChI is InChI=1S/C18H17BrN2O/c19-15-8-6-13(7-9-15)17-12-16(20)10-11-21(17)18(22)14-4-2-1-3-5-14/h1-9,12,16H,10-11,20H2/t16-/m1/s1. The molecular weight excluding hydrogens is 340 g/mol. The zero-order valence-corrected chi connectivity index (χ0v) is 13.7. The highest BCUT2D eigenvalue weighted by Gasteiger charge is 2.25. The Labute approximate surface area is 138 Å². The summed E-state index contributed by atoms with van der Waals surface area (Å²) < 4.78 is 1.01. The van der Waals surface area contributed by atoms with E-state index in [1.54, 1.807) is 0 Å². The van der Waals surface area contributed by atoms with Crippen LogP contribution in [0, 0.1) is 0 Å². The van der Waals surface area contributed by atoms with Crippen molar-refractivity contribution < 1.29 is 4.79 Å². The monoisotopic (exact) mass is 356 g/mol. The Morgan fingerprint density at radius 3 is 2.45 bits per heavy atom. The van der Waals surface area contributed by atoms with Crippen LogP contribution in [0.15, 0.2) is 65.1 Å². The van der Waals surface area contributed by atoms with Crippen LogP contribution in [0.25, 0.3) is 5.70 Å². The largest absolute Gasteiger partial charge is 0.324 e. The Morgan fingerprint density at radius 1 is 1.09 bits per heavy atom. The first-order chi connectivity index (χ1) is 10.6. The number of hydrogen-bond acceptors (Lipinski definition) is 2. The third-order valence-corrected chi connectivity index (χ3v) is 4.28. The van der Waals surface area contributed by atoms with Crippen molar-refractivity contribution in [2.45, 2.75) is 12.5 Å². The lowest BCUT2D eigenvalue weighted by Gasteiger charge is -2.31. The molecule has 0 saturated carbocycles. The van der Waals surface area contributed by atoms with E-state index in [2.05, 4.69) is 15.9 Å². The van der Waals surface area contributed by atoms with Crippen molar-refractivity contribution in [1.82, 2.24) is 4.90 Å². The minimum absolute atomic E-state index is 0.0153. The molecule has 1 amide bonds. The lowest BCUT2D eigenvalue weighted by atomic mass is 10.0. The van der Waals surface area contributed by atoms with Crippen molar-refractivity contribution in [2.75, 3.05) is 6.54 Å². The van der Waals surface area contributed by atoms with Gasteiger partial charge in [-0.2, -0.15) is 0 Å². The van der Waals surface area contributed by atoms with Gasteiger partial charge in [0.05, 0.1) is 0 Å². The van der Waals surface area contributed by atoms with Gasteiger partial charge in [-0.1, -0.05) is 46.3 Å². The number of hydrogen-bond donors (Lipinski definition) is 1. The molecule has 0 radical (unpaired) electrons. The van der Waals surface area contributed by atoms with Crippen molar-refractivity contribution >= 4 is 27.5 Å². The fourth-order valence-corrected chi connectivity index (χ4v) is 2.86. The van der Waals surface area contributed by atoms with Gasteiger partial charge in [-0.15, -0.1) is 0 Å². The highest BCUT2D eigenvalue weighted by atomic mass is 79.9. The Hall–Kier alpha value is -1.91. The molecule has 0 fully saturated rings. The first-order valence-electron chi connectivity index (χ1n) is 7.25. The van der Waals surface area contributed by atoms with Crippen molar-refractivity contribution in [3.05, 3.63) is 76.3 Å². The number of carbonyl (C=O) groups is 1. The maximum atomic E-state index is 12.8. The van der Waals surface area contributed by atoms with Crippen LogP contribution in [0.5, 0.6) is 0 Å². The molecule has 0 spiro atoms. The summed E-state index contributed by atoms with van der Waals surface area (Å²) in [5.74, 6) is 0.0154. The van der Waals surface area contributed by atoms with Crippen LogP contribution >= 0.6 is 15.9 Å². The minimum atomic E-state index is -0.0153. The molecule has 1 aliphatic heterocycles. The molecule has 1 atom stereocenters. The first-order valence-corrected chi connectivity index (χ1v) is 8.05. The highest BCUT2D eigenvalue weighted by Crippen LogP contribution is 2.27. The van der Waals surface area contributed by atoms with E-state index in [1.165, 1.54) is 0 Å². The van der Waals surface area contributed by atoms with E-state index >= 15 is 0 Å². The second-order valence-electron chi connectivity index (χ2n) is 5.33. The summed E-state index contributed by atoms with van der Waals surface area (Å²) in [6.45, 7) is 0.636. The van der Waals surface area contributed by atoms with Gasteiger partial charge in [0.25, 0.3) is 5.91 Å². The Balaban J connectivity index is 1.97. The number of nitrogens with two attached hydrogens (primary N) is 1. The number of carbonyl (C=O) groups excluding carboxylic acids is 1. The van der Waals surface area contributed by atoms with Crippen LogP contribution in [0.4, 0.5) is 0 Å². The van der Waals surface area contributed by atoms with Gasteiger partial charge in [-0.25, -0.2) is 0 Å². The van der Waals surface area contributed by atoms with Crippen LogP contribution < -0.4 is 5.73 Å². The van der Waals surface area contributed by atoms with Crippen LogP contribution in [-0.4, -0.2) is 23.4 Å². The summed E-state index contributed by atoms with van der Waals surface area (Å²) in [4.78, 5) is 14.6. The van der Waals surface area contributed by atoms with Gasteiger partial charge in [0, 0.05) is 28.3 Å². The lowest BCUT2D eigenvalue weighted by Crippen LogP contribution is -2.38. The summed E-state index contributed by atoms with van der Waals surface area (Å²) in [6.07, 6.45) is 2.76. The highest BCUT2D eigenvalue weighted by molar-refractivity contribution is 9.10. The Bertz CT molecular complexity index is 695. The normalized spacial score (nSPS) is 18.0. The Morgan fingerprint density at radius 2 is 1.77 bits per heavy atom. The zero-order chi connectivity index (χ0) is 15.5. The molecule has 0 saturated heterocycles. The SMILES string of the molecule is N[C@H]1C=C(c2ccc(Br)cc2)N(C(=O)c2ccccc2)CC1. The van der Waals surface area contributed by atoms with E-state index in [0.29, 0.717) is 12.1 Å². The Kier molecular flexibility index (Phi) is 4.41. The summed E-state index contributed by atoms with van der Waals surface area (Å²) in [6, 6.07) is 17.3. The molecule has 0 bridgehead atoms. The van der Waals surface area contributed by atoms with Crippen LogP contribution in [-0.2, 0) is 0 Å². The number of benzene rings is 2. The van der Waals surface area contributed by atoms with Gasteiger partial charge in [-0.3, -0.25) is 4.79 Å². The van der Waals surface area contributed by atoms with E-state index < -0.39 is 0 Å². The van der Waals surface area contributed by atoms with Gasteiger partial charge in [-0.05, 0) is 42.3 Å². The molecule has 2 N–H and O–H groups in total. The number of halogens is 1. The average Bonchev–Trinajstić information content (AvgIpc) is 2.56. The van der Waals surface area contributed by atoms with Crippen LogP contribution in [0.1, 0.15) is 22.3 Å². The molecule has 0 aromatic heterocycles. The van der Waals surface area contributed by atoms with Gasteiger partial charge >= 0.3 is 0 Å². The smallest absolute Gasteiger partial charge is 0.258 e. The molecule has 3 rings (SSSR count). The molecule has 0 aliphatic carbocycles. The summed E-state index contributed by atoms with van der Waals surface area (Å²) >= 11 is 3.44. The number of rotatable bonds is 2. The van der Waals surface area contributed by atoms with Crippen molar-refractivity contribution in [3.63, 3.8) is 0 Å². The van der Waals surface area contributed by atoms with Gasteiger partial charge in [0.1, 0.15) is 0 Å². The molecule has 1 heterocycles. The fraction of sp³-hybridized carbons (Fsp3) is 0.167. The second kappa shape index (κ2) is 6.46. The van der Waals surface area contributed by atoms with E-state index in [0.717, 1.165) is 22.2 Å². The maximum absolute atomic E-state index is 12.8. The van der Waals surface area contributed by atoms with Gasteiger partial charge < -0.3 is 10.6 Å². The molecule has 2 aromatic rings. The van der Waals surface area contributed by atoms with E-state index in [-0.39, 0.29) is 11.9 Å². The summed E-state index contributed by atoms with van der Waals surface area (Å²) in [5, 5.41) is 0. The lowest BCUT2D eigenvalue weighted by molar-refractivity contribution is 0.0828. The number of nitrogens with zero attached hydrogens (tertiary/aromatic N) is 1. The number of amides is 1. The molecule has 2 aromatic carbocycles. The van der Waals surface area contributed by atoms with Crippen molar-refractivity contribution in [3.8, 4) is 0 Å². The van der Waals surface area contributed by atoms with E-state index in [1.807, 2.05) is 65.6 Å². The first kappa shape index (κ1) is 15.0. The predicted molar refractivity (Wildman–Crippen MR) is 92.2 cm³/mol. The molecular formula is C18H17BrN2O. The van der Waals surface area contributed by atoms with Crippen LogP contribution in [0.2, 0.25) is 0 Å². The topological polar surface area (TPSA) is 46.3 Å². The summed E-state index contributed by atoms with van der Waals surface area (Å²) in [7, 11) is 0. The van der Waals surface area contributed by atoms with Gasteiger partial charge in [0.15, 0.2) is 0 Å². The molecule has 3 nitrogen and oxygen atoms in total. The second-order valence-corrected chi connectivity index (χ2v) is 6.25. The summed E-state index contributed by atoms with van der Waals surface area (Å²) in [5.41, 5.74) is 8.66. The molecule has 112 valence electrons. The molecule has 4 heteroatoms. The van der Waals surface area contributed by atoms with Crippen LogP contribution in [0.3, 0.4) is 0 Å². The zero-order valence-electron chi connectivity index (χ0n) is 12.1. The maximum Gasteiger partial charge on any atom is 0.258 e. The third-order valence-electron chi connectivity index (χ3n) is 3.75. The van der Waals surface area contributed by atoms with E-state index in [4.69, 9.17) is 5.73 Å². The quantitative estimate of drug-likeness (QED) is 0.892. The molecule has 0 unspecified atom stereocenters. The average molecular weight is 357 g/mol. The molecule has 22 heavy (non-hydrogen) atoms. The van der Waals surface area contributed by atoms with Crippen molar-refractivity contribution in [2.24, 2.45) is 5.73 Å². The third kappa shape index (κ3) is 3.13.